The molecule has 4 rings (SSSR count). The summed E-state index contributed by atoms with van der Waals surface area (Å²) >= 11 is 6.02. The lowest BCUT2D eigenvalue weighted by Crippen LogP contribution is -2.38. The number of allylic oxidation sites excluding steroid dienone is 1. The van der Waals surface area contributed by atoms with Gasteiger partial charge in [-0.05, 0) is 30.7 Å². The predicted octanol–water partition coefficient (Wildman–Crippen LogP) is 4.11. The largest absolute Gasteiger partial charge is 0.434 e. The number of carbonyl (C=O) groups excluding carboxylic acids is 1. The highest BCUT2D eigenvalue weighted by Crippen LogP contribution is 2.52. The molecule has 11 heteroatoms. The van der Waals surface area contributed by atoms with Crippen LogP contribution in [0, 0.1) is 15.9 Å². The molecular formula is C19H13ClF3N3O4. The number of hydrogen-bond donors (Lipinski definition) is 0. The van der Waals surface area contributed by atoms with Gasteiger partial charge in [0, 0.05) is 29.7 Å². The lowest BCUT2D eigenvalue weighted by Gasteiger charge is -2.24. The van der Waals surface area contributed by atoms with Crippen LogP contribution in [0.5, 0.6) is 5.75 Å². The SMILES string of the molecule is CN1C(=O)c2c(F)ccc(OC(F)F)c2C2CC1C([N+](=O)[O-])=C2c1cc(Cl)ccn1. The summed E-state index contributed by atoms with van der Waals surface area (Å²) in [4.78, 5) is 29.4. The molecule has 0 N–H and O–H groups in total. The van der Waals surface area contributed by atoms with Gasteiger partial charge in [-0.3, -0.25) is 19.9 Å². The molecule has 1 aromatic carbocycles. The number of hydrogen-bond acceptors (Lipinski definition) is 5. The number of nitro groups is 1. The second-order valence-corrected chi connectivity index (χ2v) is 7.28. The quantitative estimate of drug-likeness (QED) is 0.528. The molecule has 0 saturated heterocycles. The molecule has 2 atom stereocenters. The molecule has 2 heterocycles. The molecule has 0 spiro atoms. The molecule has 0 fully saturated rings. The number of amides is 1. The number of ether oxygens (including phenoxy) is 1. The molecule has 7 nitrogen and oxygen atoms in total. The third kappa shape index (κ3) is 3.07. The van der Waals surface area contributed by atoms with E-state index in [4.69, 9.17) is 11.6 Å². The third-order valence-corrected chi connectivity index (χ3v) is 5.55. The van der Waals surface area contributed by atoms with Crippen LogP contribution in [-0.4, -0.2) is 40.4 Å². The van der Waals surface area contributed by atoms with Crippen molar-refractivity contribution in [3.63, 3.8) is 0 Å². The molecule has 30 heavy (non-hydrogen) atoms. The minimum atomic E-state index is -3.24. The first-order valence-corrected chi connectivity index (χ1v) is 9.13. The maximum Gasteiger partial charge on any atom is 0.387 e. The zero-order valence-electron chi connectivity index (χ0n) is 15.3. The number of nitrogens with zero attached hydrogens (tertiary/aromatic N) is 3. The Balaban J connectivity index is 2.06. The van der Waals surface area contributed by atoms with E-state index in [1.54, 1.807) is 0 Å². The molecule has 0 saturated carbocycles. The van der Waals surface area contributed by atoms with Gasteiger partial charge in [-0.25, -0.2) is 4.39 Å². The minimum Gasteiger partial charge on any atom is -0.434 e. The average Bonchev–Trinajstić information content (AvgIpc) is 3.03. The van der Waals surface area contributed by atoms with E-state index in [1.807, 2.05) is 0 Å². The van der Waals surface area contributed by atoms with E-state index in [9.17, 15) is 28.1 Å². The smallest absolute Gasteiger partial charge is 0.387 e. The van der Waals surface area contributed by atoms with Crippen molar-refractivity contribution in [3.05, 3.63) is 73.9 Å². The van der Waals surface area contributed by atoms with Crippen LogP contribution in [0.15, 0.2) is 36.2 Å². The Hall–Kier alpha value is -3.14. The second kappa shape index (κ2) is 7.28. The second-order valence-electron chi connectivity index (χ2n) is 6.85. The maximum absolute atomic E-state index is 14.7. The lowest BCUT2D eigenvalue weighted by molar-refractivity contribution is -0.430. The molecule has 156 valence electrons. The van der Waals surface area contributed by atoms with Crippen molar-refractivity contribution in [2.45, 2.75) is 25.0 Å². The molecule has 2 aromatic rings. The molecule has 1 amide bonds. The molecule has 1 aromatic heterocycles. The Morgan fingerprint density at radius 1 is 1.37 bits per heavy atom. The van der Waals surface area contributed by atoms with Crippen LogP contribution in [0.3, 0.4) is 0 Å². The monoisotopic (exact) mass is 439 g/mol. The molecule has 1 aliphatic heterocycles. The number of fused-ring (bicyclic) bond motifs is 4. The third-order valence-electron chi connectivity index (χ3n) is 5.31. The highest BCUT2D eigenvalue weighted by Gasteiger charge is 2.51. The van der Waals surface area contributed by atoms with Crippen molar-refractivity contribution in [2.75, 3.05) is 7.05 Å². The van der Waals surface area contributed by atoms with Gasteiger partial charge < -0.3 is 9.64 Å². The van der Waals surface area contributed by atoms with E-state index in [1.165, 1.54) is 25.4 Å². The predicted molar refractivity (Wildman–Crippen MR) is 99.4 cm³/mol. The van der Waals surface area contributed by atoms with Gasteiger partial charge in [-0.2, -0.15) is 8.78 Å². The Morgan fingerprint density at radius 3 is 2.73 bits per heavy atom. The number of halogens is 4. The van der Waals surface area contributed by atoms with Gasteiger partial charge in [0.15, 0.2) is 0 Å². The van der Waals surface area contributed by atoms with Crippen LogP contribution in [0.4, 0.5) is 13.2 Å². The Kier molecular flexibility index (Phi) is 4.89. The van der Waals surface area contributed by atoms with Crippen molar-refractivity contribution in [2.24, 2.45) is 0 Å². The summed E-state index contributed by atoms with van der Waals surface area (Å²) < 4.78 is 45.3. The first-order valence-electron chi connectivity index (χ1n) is 8.75. The summed E-state index contributed by atoms with van der Waals surface area (Å²) in [6, 6.07) is 3.70. The van der Waals surface area contributed by atoms with E-state index in [0.717, 1.165) is 17.0 Å². The molecule has 0 radical (unpaired) electrons. The fraction of sp³-hybridized carbons (Fsp3) is 0.263. The van der Waals surface area contributed by atoms with Crippen molar-refractivity contribution in [3.8, 4) is 5.75 Å². The fourth-order valence-corrected chi connectivity index (χ4v) is 4.31. The number of alkyl halides is 2. The van der Waals surface area contributed by atoms with Gasteiger partial charge in [-0.1, -0.05) is 11.6 Å². The van der Waals surface area contributed by atoms with Crippen LogP contribution < -0.4 is 4.74 Å². The number of aromatic nitrogens is 1. The van der Waals surface area contributed by atoms with Crippen LogP contribution >= 0.6 is 11.6 Å². The van der Waals surface area contributed by atoms with Crippen molar-refractivity contribution < 1.29 is 27.6 Å². The summed E-state index contributed by atoms with van der Waals surface area (Å²) in [6.07, 6.45) is 1.33. The molecule has 2 unspecified atom stereocenters. The van der Waals surface area contributed by atoms with E-state index in [2.05, 4.69) is 9.72 Å². The normalized spacial score (nSPS) is 20.5. The summed E-state index contributed by atoms with van der Waals surface area (Å²) in [6.45, 7) is -3.24. The molecule has 1 aliphatic carbocycles. The summed E-state index contributed by atoms with van der Waals surface area (Å²) in [5, 5.41) is 12.2. The standard InChI is InChI=1S/C19H13ClF3N3O4/c1-25-12-7-9(14(17(12)26(28)29)11-6-8(20)4-5-24-11)15-13(30-19(22)23)3-2-10(21)16(15)18(25)27/h2-6,9,12,19H,7H2,1H3. The molecule has 2 bridgehead atoms. The van der Waals surface area contributed by atoms with Crippen molar-refractivity contribution >= 4 is 23.1 Å². The zero-order valence-corrected chi connectivity index (χ0v) is 16.1. The van der Waals surface area contributed by atoms with E-state index < -0.39 is 46.5 Å². The number of pyridine rings is 1. The fourth-order valence-electron chi connectivity index (χ4n) is 4.15. The topological polar surface area (TPSA) is 85.6 Å². The lowest BCUT2D eigenvalue weighted by atomic mass is 9.86. The number of likely N-dealkylation sites (N-methyl/N-ethyl adjacent to an activating group) is 1. The van der Waals surface area contributed by atoms with Crippen molar-refractivity contribution in [1.29, 1.82) is 0 Å². The summed E-state index contributed by atoms with van der Waals surface area (Å²) in [7, 11) is 1.30. The van der Waals surface area contributed by atoms with E-state index in [0.29, 0.717) is 0 Å². The Bertz CT molecular complexity index is 1110. The summed E-state index contributed by atoms with van der Waals surface area (Å²) in [5.74, 6) is -3.18. The first-order chi connectivity index (χ1) is 14.2. The summed E-state index contributed by atoms with van der Waals surface area (Å²) in [5.41, 5.74) is -0.711. The van der Waals surface area contributed by atoms with Crippen LogP contribution in [0.25, 0.3) is 5.57 Å². The van der Waals surface area contributed by atoms with Crippen LogP contribution in [-0.2, 0) is 0 Å². The first kappa shape index (κ1) is 20.1. The van der Waals surface area contributed by atoms with E-state index in [-0.39, 0.29) is 34.0 Å². The highest BCUT2D eigenvalue weighted by atomic mass is 35.5. The molecular weight excluding hydrogens is 427 g/mol. The number of rotatable bonds is 4. The van der Waals surface area contributed by atoms with Gasteiger partial charge >= 0.3 is 6.61 Å². The zero-order chi connectivity index (χ0) is 21.7. The molecule has 2 aliphatic rings. The minimum absolute atomic E-state index is 0.0157. The van der Waals surface area contributed by atoms with Gasteiger partial charge in [0.25, 0.3) is 11.6 Å². The van der Waals surface area contributed by atoms with Crippen molar-refractivity contribution in [1.82, 2.24) is 9.88 Å². The van der Waals surface area contributed by atoms with Crippen LogP contribution in [0.1, 0.15) is 34.0 Å². The van der Waals surface area contributed by atoms with Gasteiger partial charge in [-0.15, -0.1) is 0 Å². The van der Waals surface area contributed by atoms with E-state index >= 15 is 0 Å². The van der Waals surface area contributed by atoms with Gasteiger partial charge in [0.05, 0.1) is 21.8 Å². The van der Waals surface area contributed by atoms with Crippen LogP contribution in [0.2, 0.25) is 5.02 Å². The number of carbonyl (C=O) groups is 1. The Morgan fingerprint density at radius 2 is 2.10 bits per heavy atom. The van der Waals surface area contributed by atoms with Gasteiger partial charge in [0.1, 0.15) is 17.6 Å². The highest BCUT2D eigenvalue weighted by molar-refractivity contribution is 6.30. The Labute approximate surface area is 172 Å². The maximum atomic E-state index is 14.7. The number of benzene rings is 1. The van der Waals surface area contributed by atoms with Gasteiger partial charge in [0.2, 0.25) is 0 Å². The average molecular weight is 440 g/mol.